The number of imide groups is 1. The van der Waals surface area contributed by atoms with Gasteiger partial charge in [-0.25, -0.2) is 4.79 Å². The highest BCUT2D eigenvalue weighted by Gasteiger charge is 2.33. The normalized spacial score (nSPS) is 18.1. The molecule has 0 bridgehead atoms. The van der Waals surface area contributed by atoms with Crippen LogP contribution in [0.4, 0.5) is 4.79 Å². The van der Waals surface area contributed by atoms with E-state index in [4.69, 9.17) is 4.74 Å². The summed E-state index contributed by atoms with van der Waals surface area (Å²) in [5.41, 5.74) is 1.26. The van der Waals surface area contributed by atoms with Crippen LogP contribution in [0.15, 0.2) is 24.3 Å². The zero-order chi connectivity index (χ0) is 20.1. The zero-order valence-corrected chi connectivity index (χ0v) is 16.6. The van der Waals surface area contributed by atoms with Gasteiger partial charge in [0.05, 0.1) is 33.3 Å². The van der Waals surface area contributed by atoms with Crippen molar-refractivity contribution >= 4 is 17.8 Å². The Morgan fingerprint density at radius 2 is 1.82 bits per heavy atom. The van der Waals surface area contributed by atoms with Gasteiger partial charge in [0.1, 0.15) is 18.8 Å². The van der Waals surface area contributed by atoms with Crippen LogP contribution in [0.5, 0.6) is 5.75 Å². The fraction of sp³-hybridized carbons (Fsp3) is 0.550. The first-order chi connectivity index (χ1) is 13.5. The molecule has 0 saturated carbocycles. The van der Waals surface area contributed by atoms with Gasteiger partial charge >= 0.3 is 6.03 Å². The van der Waals surface area contributed by atoms with Crippen molar-refractivity contribution in [2.75, 3.05) is 53.4 Å². The Kier molecular flexibility index (Phi) is 6.51. The molecule has 0 atom stereocenters. The minimum atomic E-state index is -0.270. The molecule has 1 aromatic rings. The highest BCUT2D eigenvalue weighted by Crippen LogP contribution is 2.11. The quantitative estimate of drug-likeness (QED) is 0.644. The lowest BCUT2D eigenvalue weighted by Crippen LogP contribution is -3.13. The Balaban J connectivity index is 1.37. The lowest BCUT2D eigenvalue weighted by molar-refractivity contribution is -0.917. The van der Waals surface area contributed by atoms with Crippen LogP contribution in [0.2, 0.25) is 0 Å². The van der Waals surface area contributed by atoms with E-state index in [0.29, 0.717) is 19.4 Å². The maximum Gasteiger partial charge on any atom is 0.326 e. The molecule has 3 rings (SSSR count). The third-order valence-corrected chi connectivity index (χ3v) is 5.44. The minimum Gasteiger partial charge on any atom is -0.497 e. The maximum atomic E-state index is 12.4. The number of ether oxygens (including phenoxy) is 1. The van der Waals surface area contributed by atoms with Crippen molar-refractivity contribution in [2.45, 2.75) is 19.4 Å². The summed E-state index contributed by atoms with van der Waals surface area (Å²) >= 11 is 0. The number of nitrogens with one attached hydrogen (secondary N) is 1. The third-order valence-electron chi connectivity index (χ3n) is 5.44. The van der Waals surface area contributed by atoms with Gasteiger partial charge in [-0.05, 0) is 30.7 Å². The number of hydrogen-bond donors (Lipinski definition) is 1. The lowest BCUT2D eigenvalue weighted by atomic mass is 10.2. The van der Waals surface area contributed by atoms with E-state index in [9.17, 15) is 14.4 Å². The molecule has 0 spiro atoms. The molecule has 8 heteroatoms. The molecule has 2 heterocycles. The summed E-state index contributed by atoms with van der Waals surface area (Å²) in [6.45, 7) is 4.72. The predicted octanol–water partition coefficient (Wildman–Crippen LogP) is -0.403. The van der Waals surface area contributed by atoms with Crippen molar-refractivity contribution in [1.82, 2.24) is 14.7 Å². The highest BCUT2D eigenvalue weighted by molar-refractivity contribution is 6.01. The van der Waals surface area contributed by atoms with Crippen LogP contribution >= 0.6 is 0 Å². The van der Waals surface area contributed by atoms with E-state index in [0.717, 1.165) is 38.5 Å². The van der Waals surface area contributed by atoms with E-state index in [1.807, 2.05) is 17.0 Å². The molecule has 0 aromatic heterocycles. The van der Waals surface area contributed by atoms with Crippen molar-refractivity contribution in [3.05, 3.63) is 29.8 Å². The molecule has 28 heavy (non-hydrogen) atoms. The molecular formula is C20H29N4O4+. The monoisotopic (exact) mass is 389 g/mol. The first-order valence-corrected chi connectivity index (χ1v) is 9.77. The number of nitrogens with zero attached hydrogens (tertiary/aromatic N) is 3. The predicted molar refractivity (Wildman–Crippen MR) is 103 cm³/mol. The van der Waals surface area contributed by atoms with Crippen LogP contribution in [-0.4, -0.2) is 86.0 Å². The van der Waals surface area contributed by atoms with E-state index in [1.54, 1.807) is 14.2 Å². The summed E-state index contributed by atoms with van der Waals surface area (Å²) in [5.74, 6) is 0.782. The topological polar surface area (TPSA) is 74.6 Å². The largest absolute Gasteiger partial charge is 0.497 e. The minimum absolute atomic E-state index is 0.107. The van der Waals surface area contributed by atoms with Gasteiger partial charge in [-0.1, -0.05) is 0 Å². The van der Waals surface area contributed by atoms with Gasteiger partial charge in [-0.15, -0.1) is 0 Å². The Labute approximate surface area is 165 Å². The van der Waals surface area contributed by atoms with Gasteiger partial charge in [-0.3, -0.25) is 14.5 Å². The first kappa shape index (κ1) is 20.1. The lowest BCUT2D eigenvalue weighted by Gasteiger charge is -2.32. The third kappa shape index (κ3) is 4.81. The number of carbonyl (C=O) groups is 3. The van der Waals surface area contributed by atoms with E-state index in [-0.39, 0.29) is 24.4 Å². The van der Waals surface area contributed by atoms with Crippen LogP contribution in [-0.2, 0) is 16.1 Å². The van der Waals surface area contributed by atoms with Gasteiger partial charge in [0.2, 0.25) is 11.8 Å². The summed E-state index contributed by atoms with van der Waals surface area (Å²) in [6, 6.07) is 7.85. The Hall–Kier alpha value is -2.61. The van der Waals surface area contributed by atoms with Gasteiger partial charge in [-0.2, -0.15) is 0 Å². The summed E-state index contributed by atoms with van der Waals surface area (Å²) in [5, 5.41) is 0. The number of benzene rings is 1. The number of rotatable bonds is 7. The van der Waals surface area contributed by atoms with Crippen molar-refractivity contribution in [3.8, 4) is 5.75 Å². The molecule has 2 fully saturated rings. The zero-order valence-electron chi connectivity index (χ0n) is 16.6. The van der Waals surface area contributed by atoms with Gasteiger partial charge in [0, 0.05) is 25.6 Å². The number of piperazine rings is 1. The van der Waals surface area contributed by atoms with E-state index >= 15 is 0 Å². The average Bonchev–Trinajstić information content (AvgIpc) is 2.95. The molecular weight excluding hydrogens is 360 g/mol. The average molecular weight is 389 g/mol. The molecule has 0 radical (unpaired) electrons. The standard InChI is InChI=1S/C20H28N4O4/c1-21-15-19(26)24(20(21)27)9-3-4-18(25)23-12-10-22(11-13-23)14-16-5-7-17(28-2)8-6-16/h5-8H,3-4,9-15H2,1-2H3/p+1. The summed E-state index contributed by atoms with van der Waals surface area (Å²) < 4.78 is 5.19. The number of quaternary nitrogens is 1. The van der Waals surface area contributed by atoms with E-state index < -0.39 is 0 Å². The summed E-state index contributed by atoms with van der Waals surface area (Å²) in [6.07, 6.45) is 0.887. The number of urea groups is 1. The fourth-order valence-corrected chi connectivity index (χ4v) is 3.72. The van der Waals surface area contributed by atoms with Crippen LogP contribution < -0.4 is 9.64 Å². The second kappa shape index (κ2) is 9.05. The fourth-order valence-electron chi connectivity index (χ4n) is 3.72. The number of hydrogen-bond acceptors (Lipinski definition) is 4. The van der Waals surface area contributed by atoms with Crippen molar-refractivity contribution in [1.29, 1.82) is 0 Å². The smallest absolute Gasteiger partial charge is 0.326 e. The molecule has 1 aromatic carbocycles. The second-order valence-electron chi connectivity index (χ2n) is 7.44. The van der Waals surface area contributed by atoms with E-state index in [2.05, 4.69) is 12.1 Å². The van der Waals surface area contributed by atoms with Crippen LogP contribution in [0.1, 0.15) is 18.4 Å². The van der Waals surface area contributed by atoms with Crippen LogP contribution in [0.3, 0.4) is 0 Å². The first-order valence-electron chi connectivity index (χ1n) is 9.77. The maximum absolute atomic E-state index is 12.4. The van der Waals surface area contributed by atoms with Crippen LogP contribution in [0.25, 0.3) is 0 Å². The summed E-state index contributed by atoms with van der Waals surface area (Å²) in [7, 11) is 3.27. The number of carbonyl (C=O) groups excluding carboxylic acids is 3. The molecule has 152 valence electrons. The number of amides is 4. The Bertz CT molecular complexity index is 713. The van der Waals surface area contributed by atoms with Crippen molar-refractivity contribution < 1.29 is 24.0 Å². The molecule has 4 amide bonds. The van der Waals surface area contributed by atoms with Crippen molar-refractivity contribution in [3.63, 3.8) is 0 Å². The number of methoxy groups -OCH3 is 1. The Morgan fingerprint density at radius 3 is 2.39 bits per heavy atom. The van der Waals surface area contributed by atoms with Gasteiger partial charge in [0.25, 0.3) is 0 Å². The Morgan fingerprint density at radius 1 is 1.14 bits per heavy atom. The molecule has 2 aliphatic heterocycles. The summed E-state index contributed by atoms with van der Waals surface area (Å²) in [4.78, 5) is 42.0. The van der Waals surface area contributed by atoms with Gasteiger partial charge in [0.15, 0.2) is 0 Å². The van der Waals surface area contributed by atoms with Gasteiger partial charge < -0.3 is 19.4 Å². The molecule has 8 nitrogen and oxygen atoms in total. The van der Waals surface area contributed by atoms with Crippen molar-refractivity contribution in [2.24, 2.45) is 0 Å². The highest BCUT2D eigenvalue weighted by atomic mass is 16.5. The second-order valence-corrected chi connectivity index (χ2v) is 7.44. The van der Waals surface area contributed by atoms with Crippen LogP contribution in [0, 0.1) is 0 Å². The molecule has 2 saturated heterocycles. The molecule has 2 aliphatic rings. The number of likely N-dealkylation sites (N-methyl/N-ethyl adjacent to an activating group) is 1. The molecule has 0 aliphatic carbocycles. The molecule has 0 unspecified atom stereocenters. The SMILES string of the molecule is COc1ccc(C[NH+]2CCN(C(=O)CCCN3C(=O)CN(C)C3=O)CC2)cc1. The van der Waals surface area contributed by atoms with E-state index in [1.165, 1.54) is 20.3 Å². The molecule has 1 N–H and O–H groups in total.